The molecule has 1 aliphatic heterocycles. The van der Waals surface area contributed by atoms with Crippen LogP contribution < -0.4 is 9.80 Å². The van der Waals surface area contributed by atoms with Crippen molar-refractivity contribution in [3.8, 4) is 5.88 Å². The first-order chi connectivity index (χ1) is 11.7. The zero-order valence-electron chi connectivity index (χ0n) is 14.2. The van der Waals surface area contributed by atoms with Gasteiger partial charge >= 0.3 is 0 Å². The number of hydroxylamine groups is 1. The zero-order valence-corrected chi connectivity index (χ0v) is 14.2. The fourth-order valence-corrected chi connectivity index (χ4v) is 2.91. The SMILES string of the molecule is CCCCCCC1CC(=O)N(c2ccc3cc(OC)nnc3c2)O1. The van der Waals surface area contributed by atoms with Crippen LogP contribution in [0.25, 0.3) is 10.9 Å². The van der Waals surface area contributed by atoms with Crippen LogP contribution in [0.15, 0.2) is 24.3 Å². The lowest BCUT2D eigenvalue weighted by molar-refractivity contribution is -0.119. The van der Waals surface area contributed by atoms with E-state index in [1.807, 2.05) is 24.3 Å². The first-order valence-corrected chi connectivity index (χ1v) is 8.52. The number of nitrogens with zero attached hydrogens (tertiary/aromatic N) is 3. The van der Waals surface area contributed by atoms with Gasteiger partial charge in [-0.1, -0.05) is 38.7 Å². The van der Waals surface area contributed by atoms with Gasteiger partial charge < -0.3 is 4.74 Å². The van der Waals surface area contributed by atoms with E-state index >= 15 is 0 Å². The van der Waals surface area contributed by atoms with Crippen molar-refractivity contribution in [3.63, 3.8) is 0 Å². The zero-order chi connectivity index (χ0) is 16.9. The Bertz CT molecular complexity index is 720. The summed E-state index contributed by atoms with van der Waals surface area (Å²) in [5.74, 6) is 0.465. The highest BCUT2D eigenvalue weighted by atomic mass is 16.7. The normalized spacial score (nSPS) is 17.7. The number of rotatable bonds is 7. The minimum Gasteiger partial charge on any atom is -0.480 e. The molecule has 0 bridgehead atoms. The van der Waals surface area contributed by atoms with E-state index in [-0.39, 0.29) is 12.0 Å². The summed E-state index contributed by atoms with van der Waals surface area (Å²) >= 11 is 0. The van der Waals surface area contributed by atoms with Gasteiger partial charge in [-0.05, 0) is 18.6 Å². The molecule has 2 heterocycles. The second-order valence-corrected chi connectivity index (χ2v) is 6.10. The number of aromatic nitrogens is 2. The molecule has 0 saturated carbocycles. The maximum atomic E-state index is 12.3. The molecule has 1 unspecified atom stereocenters. The maximum absolute atomic E-state index is 12.3. The Balaban J connectivity index is 1.69. The standard InChI is InChI=1S/C18H23N3O3/c1-3-4-5-6-7-15-12-18(22)21(24-15)14-9-8-13-10-17(23-2)20-19-16(13)11-14/h8-11,15H,3-7,12H2,1-2H3. The van der Waals surface area contributed by atoms with Crippen molar-refractivity contribution in [2.75, 3.05) is 12.2 Å². The number of benzene rings is 1. The van der Waals surface area contributed by atoms with E-state index in [0.29, 0.717) is 23.5 Å². The molecule has 24 heavy (non-hydrogen) atoms. The van der Waals surface area contributed by atoms with E-state index in [0.717, 1.165) is 18.2 Å². The molecule has 1 aromatic carbocycles. The Morgan fingerprint density at radius 2 is 2.12 bits per heavy atom. The molecule has 1 fully saturated rings. The fourth-order valence-electron chi connectivity index (χ4n) is 2.91. The molecule has 1 atom stereocenters. The maximum Gasteiger partial charge on any atom is 0.253 e. The second-order valence-electron chi connectivity index (χ2n) is 6.10. The number of anilines is 1. The molecule has 0 aliphatic carbocycles. The lowest BCUT2D eigenvalue weighted by Gasteiger charge is -2.16. The van der Waals surface area contributed by atoms with Gasteiger partial charge in [-0.3, -0.25) is 9.63 Å². The van der Waals surface area contributed by atoms with Crippen molar-refractivity contribution >= 4 is 22.5 Å². The van der Waals surface area contributed by atoms with Gasteiger partial charge in [0.2, 0.25) is 5.88 Å². The Hall–Kier alpha value is -2.21. The first kappa shape index (κ1) is 16.6. The van der Waals surface area contributed by atoms with Gasteiger partial charge in [-0.25, -0.2) is 0 Å². The van der Waals surface area contributed by atoms with Gasteiger partial charge in [-0.2, -0.15) is 5.06 Å². The highest BCUT2D eigenvalue weighted by molar-refractivity contribution is 5.95. The number of unbranched alkanes of at least 4 members (excludes halogenated alkanes) is 3. The number of carbonyl (C=O) groups excluding carboxylic acids is 1. The largest absolute Gasteiger partial charge is 0.480 e. The molecule has 6 nitrogen and oxygen atoms in total. The predicted molar refractivity (Wildman–Crippen MR) is 91.8 cm³/mol. The average molecular weight is 329 g/mol. The van der Waals surface area contributed by atoms with Crippen LogP contribution in [0, 0.1) is 0 Å². The van der Waals surface area contributed by atoms with Crippen LogP contribution in [0.5, 0.6) is 5.88 Å². The molecule has 6 heteroatoms. The summed E-state index contributed by atoms with van der Waals surface area (Å²) in [6.45, 7) is 2.19. The van der Waals surface area contributed by atoms with Crippen molar-refractivity contribution in [1.29, 1.82) is 0 Å². The van der Waals surface area contributed by atoms with Crippen LogP contribution in [-0.4, -0.2) is 29.3 Å². The molecular formula is C18H23N3O3. The number of amides is 1. The van der Waals surface area contributed by atoms with Crippen LogP contribution in [0.4, 0.5) is 5.69 Å². The van der Waals surface area contributed by atoms with E-state index < -0.39 is 0 Å². The number of hydrogen-bond acceptors (Lipinski definition) is 5. The van der Waals surface area contributed by atoms with Crippen molar-refractivity contribution in [2.24, 2.45) is 0 Å². The smallest absolute Gasteiger partial charge is 0.253 e. The summed E-state index contributed by atoms with van der Waals surface area (Å²) in [5, 5.41) is 10.4. The van der Waals surface area contributed by atoms with Crippen molar-refractivity contribution in [1.82, 2.24) is 10.2 Å². The minimum atomic E-state index is -0.0213. The third kappa shape index (κ3) is 3.64. The van der Waals surface area contributed by atoms with E-state index in [1.165, 1.54) is 24.3 Å². The highest BCUT2D eigenvalue weighted by Crippen LogP contribution is 2.29. The van der Waals surface area contributed by atoms with Crippen molar-refractivity contribution in [3.05, 3.63) is 24.3 Å². The van der Waals surface area contributed by atoms with E-state index in [4.69, 9.17) is 9.57 Å². The summed E-state index contributed by atoms with van der Waals surface area (Å²) in [5.41, 5.74) is 1.40. The molecule has 1 aromatic heterocycles. The number of ether oxygens (including phenoxy) is 1. The number of carbonyl (C=O) groups is 1. The van der Waals surface area contributed by atoms with Gasteiger partial charge in [0.05, 0.1) is 30.8 Å². The molecule has 3 rings (SSSR count). The van der Waals surface area contributed by atoms with Crippen LogP contribution in [-0.2, 0) is 9.63 Å². The summed E-state index contributed by atoms with van der Waals surface area (Å²) in [6.07, 6.45) is 6.08. The third-order valence-electron chi connectivity index (χ3n) is 4.26. The average Bonchev–Trinajstić information content (AvgIpc) is 2.98. The molecule has 0 N–H and O–H groups in total. The van der Waals surface area contributed by atoms with Gasteiger partial charge in [0.1, 0.15) is 0 Å². The summed E-state index contributed by atoms with van der Waals surface area (Å²) in [4.78, 5) is 18.1. The number of methoxy groups -OCH3 is 1. The molecule has 1 amide bonds. The summed E-state index contributed by atoms with van der Waals surface area (Å²) in [6, 6.07) is 7.39. The van der Waals surface area contributed by atoms with Crippen LogP contribution in [0.3, 0.4) is 0 Å². The quantitative estimate of drug-likeness (QED) is 0.726. The van der Waals surface area contributed by atoms with E-state index in [2.05, 4.69) is 17.1 Å². The fraction of sp³-hybridized carbons (Fsp3) is 0.500. The Morgan fingerprint density at radius 1 is 1.25 bits per heavy atom. The molecule has 1 aliphatic rings. The molecule has 0 spiro atoms. The highest BCUT2D eigenvalue weighted by Gasteiger charge is 2.32. The van der Waals surface area contributed by atoms with Gasteiger partial charge in [0.25, 0.3) is 5.91 Å². The van der Waals surface area contributed by atoms with E-state index in [9.17, 15) is 4.79 Å². The second kappa shape index (κ2) is 7.57. The van der Waals surface area contributed by atoms with Gasteiger partial charge in [-0.15, -0.1) is 10.2 Å². The summed E-state index contributed by atoms with van der Waals surface area (Å²) < 4.78 is 5.08. The Kier molecular flexibility index (Phi) is 5.25. The van der Waals surface area contributed by atoms with Crippen molar-refractivity contribution < 1.29 is 14.4 Å². The summed E-state index contributed by atoms with van der Waals surface area (Å²) in [7, 11) is 1.56. The molecule has 0 radical (unpaired) electrons. The first-order valence-electron chi connectivity index (χ1n) is 8.52. The van der Waals surface area contributed by atoms with Crippen molar-refractivity contribution in [2.45, 2.75) is 51.6 Å². The third-order valence-corrected chi connectivity index (χ3v) is 4.26. The van der Waals surface area contributed by atoms with Crippen LogP contribution in [0.1, 0.15) is 45.4 Å². The molecule has 128 valence electrons. The lowest BCUT2D eigenvalue weighted by Crippen LogP contribution is -2.23. The van der Waals surface area contributed by atoms with Gasteiger partial charge in [0.15, 0.2) is 0 Å². The van der Waals surface area contributed by atoms with Crippen LogP contribution >= 0.6 is 0 Å². The topological polar surface area (TPSA) is 64.6 Å². The predicted octanol–water partition coefficient (Wildman–Crippen LogP) is 3.65. The molecule has 2 aromatic rings. The Morgan fingerprint density at radius 3 is 2.92 bits per heavy atom. The monoisotopic (exact) mass is 329 g/mol. The molecule has 1 saturated heterocycles. The number of hydrogen-bond donors (Lipinski definition) is 0. The van der Waals surface area contributed by atoms with Crippen LogP contribution in [0.2, 0.25) is 0 Å². The minimum absolute atomic E-state index is 0.00341. The number of fused-ring (bicyclic) bond motifs is 1. The lowest BCUT2D eigenvalue weighted by atomic mass is 10.1. The van der Waals surface area contributed by atoms with E-state index in [1.54, 1.807) is 7.11 Å². The molecular weight excluding hydrogens is 306 g/mol. The Labute approximate surface area is 141 Å². The van der Waals surface area contributed by atoms with Gasteiger partial charge in [0, 0.05) is 11.5 Å².